The largest absolute Gasteiger partial charge is 0.385 e. The van der Waals surface area contributed by atoms with Gasteiger partial charge in [-0.15, -0.1) is 0 Å². The second-order valence-corrected chi connectivity index (χ2v) is 3.68. The maximum absolute atomic E-state index is 5.31. The Hall–Kier alpha value is -1.33. The van der Waals surface area contributed by atoms with Crippen LogP contribution in [0.15, 0.2) is 18.3 Å². The van der Waals surface area contributed by atoms with Crippen LogP contribution in [0, 0.1) is 5.92 Å². The Morgan fingerprint density at radius 2 is 2.53 bits per heavy atom. The van der Waals surface area contributed by atoms with Gasteiger partial charge >= 0.3 is 0 Å². The van der Waals surface area contributed by atoms with E-state index in [0.717, 1.165) is 31.9 Å². The van der Waals surface area contributed by atoms with Crippen molar-refractivity contribution >= 4 is 11.5 Å². The first-order chi connectivity index (χ1) is 7.38. The number of nitrogens with two attached hydrogens (primary N) is 1. The van der Waals surface area contributed by atoms with Crippen molar-refractivity contribution in [1.29, 1.82) is 0 Å². The number of nitrogen functional groups attached to an aromatic ring is 1. The molecule has 1 aromatic rings. The zero-order valence-electron chi connectivity index (χ0n) is 8.57. The SMILES string of the molecule is NNc1cc(NCC2CCOC2)ccn1. The molecular weight excluding hydrogens is 192 g/mol. The van der Waals surface area contributed by atoms with Gasteiger partial charge in [0.25, 0.3) is 0 Å². The van der Waals surface area contributed by atoms with Gasteiger partial charge in [0.1, 0.15) is 5.82 Å². The van der Waals surface area contributed by atoms with Crippen LogP contribution in [0.1, 0.15) is 6.42 Å². The predicted octanol–water partition coefficient (Wildman–Crippen LogP) is 0.816. The molecule has 0 amide bonds. The smallest absolute Gasteiger partial charge is 0.141 e. The highest BCUT2D eigenvalue weighted by Crippen LogP contribution is 2.15. The molecule has 1 fully saturated rings. The molecule has 15 heavy (non-hydrogen) atoms. The molecule has 0 bridgehead atoms. The summed E-state index contributed by atoms with van der Waals surface area (Å²) in [4.78, 5) is 4.04. The molecule has 0 aliphatic carbocycles. The Morgan fingerprint density at radius 3 is 3.27 bits per heavy atom. The Labute approximate surface area is 89.0 Å². The highest BCUT2D eigenvalue weighted by atomic mass is 16.5. The standard InChI is InChI=1S/C10H16N4O/c11-14-10-5-9(1-3-12-10)13-6-8-2-4-15-7-8/h1,3,5,8H,2,4,6-7,11H2,(H2,12,13,14). The third kappa shape index (κ3) is 2.81. The van der Waals surface area contributed by atoms with Crippen molar-refractivity contribution in [2.24, 2.45) is 11.8 Å². The molecule has 1 saturated heterocycles. The van der Waals surface area contributed by atoms with Crippen molar-refractivity contribution in [1.82, 2.24) is 4.98 Å². The van der Waals surface area contributed by atoms with Crippen LogP contribution in [0.3, 0.4) is 0 Å². The predicted molar refractivity (Wildman–Crippen MR) is 59.5 cm³/mol. The third-order valence-corrected chi connectivity index (χ3v) is 2.53. The summed E-state index contributed by atoms with van der Waals surface area (Å²) in [5.74, 6) is 6.56. The van der Waals surface area contributed by atoms with Crippen molar-refractivity contribution < 1.29 is 4.74 Å². The first kappa shape index (κ1) is 10.2. The lowest BCUT2D eigenvalue weighted by molar-refractivity contribution is 0.187. The van der Waals surface area contributed by atoms with E-state index in [1.165, 1.54) is 0 Å². The summed E-state index contributed by atoms with van der Waals surface area (Å²) in [6.07, 6.45) is 2.86. The van der Waals surface area contributed by atoms with Crippen LogP contribution in [-0.4, -0.2) is 24.7 Å². The van der Waals surface area contributed by atoms with Gasteiger partial charge in [-0.25, -0.2) is 10.8 Å². The van der Waals surface area contributed by atoms with Gasteiger partial charge in [-0.3, -0.25) is 0 Å². The molecule has 1 aromatic heterocycles. The van der Waals surface area contributed by atoms with E-state index in [4.69, 9.17) is 10.6 Å². The van der Waals surface area contributed by atoms with Crippen molar-refractivity contribution in [2.75, 3.05) is 30.5 Å². The van der Waals surface area contributed by atoms with Crippen LogP contribution in [-0.2, 0) is 4.74 Å². The van der Waals surface area contributed by atoms with E-state index in [-0.39, 0.29) is 0 Å². The second kappa shape index (κ2) is 4.95. The van der Waals surface area contributed by atoms with Crippen molar-refractivity contribution in [3.05, 3.63) is 18.3 Å². The number of pyridine rings is 1. The Balaban J connectivity index is 1.86. The quantitative estimate of drug-likeness (QED) is 0.504. The van der Waals surface area contributed by atoms with E-state index < -0.39 is 0 Å². The lowest BCUT2D eigenvalue weighted by atomic mass is 10.1. The monoisotopic (exact) mass is 208 g/mol. The molecule has 5 heteroatoms. The fourth-order valence-corrected chi connectivity index (χ4v) is 1.63. The number of aromatic nitrogens is 1. The molecule has 2 rings (SSSR count). The fraction of sp³-hybridized carbons (Fsp3) is 0.500. The fourth-order valence-electron chi connectivity index (χ4n) is 1.63. The van der Waals surface area contributed by atoms with E-state index in [1.54, 1.807) is 6.20 Å². The molecule has 0 saturated carbocycles. The number of hydrogen-bond acceptors (Lipinski definition) is 5. The molecule has 82 valence electrons. The van der Waals surface area contributed by atoms with Gasteiger partial charge in [0.15, 0.2) is 0 Å². The molecule has 0 spiro atoms. The number of nitrogens with zero attached hydrogens (tertiary/aromatic N) is 1. The van der Waals surface area contributed by atoms with Crippen LogP contribution in [0.25, 0.3) is 0 Å². The maximum atomic E-state index is 5.31. The normalized spacial score (nSPS) is 20.2. The molecule has 5 nitrogen and oxygen atoms in total. The maximum Gasteiger partial charge on any atom is 0.141 e. The van der Waals surface area contributed by atoms with Gasteiger partial charge in [-0.2, -0.15) is 0 Å². The van der Waals surface area contributed by atoms with Gasteiger partial charge < -0.3 is 15.5 Å². The average Bonchev–Trinajstić information content (AvgIpc) is 2.79. The van der Waals surface area contributed by atoms with Crippen LogP contribution >= 0.6 is 0 Å². The molecule has 1 aliphatic heterocycles. The second-order valence-electron chi connectivity index (χ2n) is 3.68. The first-order valence-electron chi connectivity index (χ1n) is 5.13. The summed E-state index contributed by atoms with van der Waals surface area (Å²) >= 11 is 0. The van der Waals surface area contributed by atoms with E-state index >= 15 is 0 Å². The van der Waals surface area contributed by atoms with E-state index in [0.29, 0.717) is 11.7 Å². The molecular formula is C10H16N4O. The Bertz CT molecular complexity index is 312. The first-order valence-corrected chi connectivity index (χ1v) is 5.13. The highest BCUT2D eigenvalue weighted by molar-refractivity contribution is 5.51. The van der Waals surface area contributed by atoms with Crippen LogP contribution in [0.5, 0.6) is 0 Å². The minimum atomic E-state index is 0.618. The summed E-state index contributed by atoms with van der Waals surface area (Å²) in [6, 6.07) is 3.81. The van der Waals surface area contributed by atoms with Crippen molar-refractivity contribution in [2.45, 2.75) is 6.42 Å². The molecule has 2 heterocycles. The zero-order valence-corrected chi connectivity index (χ0v) is 8.57. The molecule has 1 unspecified atom stereocenters. The minimum absolute atomic E-state index is 0.618. The van der Waals surface area contributed by atoms with Crippen LogP contribution in [0.2, 0.25) is 0 Å². The lowest BCUT2D eigenvalue weighted by Gasteiger charge is -2.11. The van der Waals surface area contributed by atoms with E-state index in [9.17, 15) is 0 Å². The number of ether oxygens (including phenoxy) is 1. The van der Waals surface area contributed by atoms with Gasteiger partial charge in [0.2, 0.25) is 0 Å². The number of nitrogens with one attached hydrogen (secondary N) is 2. The minimum Gasteiger partial charge on any atom is -0.385 e. The summed E-state index contributed by atoms with van der Waals surface area (Å²) in [5.41, 5.74) is 3.55. The summed E-state index contributed by atoms with van der Waals surface area (Å²) in [6.45, 7) is 2.69. The van der Waals surface area contributed by atoms with Gasteiger partial charge in [-0.05, 0) is 12.5 Å². The van der Waals surface area contributed by atoms with E-state index in [1.807, 2.05) is 12.1 Å². The van der Waals surface area contributed by atoms with Gasteiger partial charge in [-0.1, -0.05) is 0 Å². The Kier molecular flexibility index (Phi) is 3.37. The van der Waals surface area contributed by atoms with Gasteiger partial charge in [0.05, 0.1) is 6.61 Å². The molecule has 0 radical (unpaired) electrons. The van der Waals surface area contributed by atoms with E-state index in [2.05, 4.69) is 15.7 Å². The molecule has 1 aliphatic rings. The topological polar surface area (TPSA) is 72.2 Å². The average molecular weight is 208 g/mol. The Morgan fingerprint density at radius 1 is 1.60 bits per heavy atom. The van der Waals surface area contributed by atoms with Crippen LogP contribution < -0.4 is 16.6 Å². The van der Waals surface area contributed by atoms with Crippen LogP contribution in [0.4, 0.5) is 11.5 Å². The lowest BCUT2D eigenvalue weighted by Crippen LogP contribution is -2.14. The summed E-state index contributed by atoms with van der Waals surface area (Å²) in [7, 11) is 0. The molecule has 4 N–H and O–H groups in total. The van der Waals surface area contributed by atoms with Crippen molar-refractivity contribution in [3.63, 3.8) is 0 Å². The summed E-state index contributed by atoms with van der Waals surface area (Å²) < 4.78 is 5.31. The van der Waals surface area contributed by atoms with Crippen molar-refractivity contribution in [3.8, 4) is 0 Å². The van der Waals surface area contributed by atoms with Gasteiger partial charge in [0, 0.05) is 37.0 Å². The number of anilines is 2. The molecule has 1 atom stereocenters. The summed E-state index contributed by atoms with van der Waals surface area (Å²) in [5, 5.41) is 3.35. The molecule has 0 aromatic carbocycles. The number of hydrogen-bond donors (Lipinski definition) is 3. The number of rotatable bonds is 4. The zero-order chi connectivity index (χ0) is 10.5. The third-order valence-electron chi connectivity index (χ3n) is 2.53. The highest BCUT2D eigenvalue weighted by Gasteiger charge is 2.14. The number of hydrazine groups is 1.